The lowest BCUT2D eigenvalue weighted by molar-refractivity contribution is 0.122. The maximum atomic E-state index is 15.1. The van der Waals surface area contributed by atoms with E-state index >= 15 is 4.39 Å². The Hall–Kier alpha value is -2.68. The van der Waals surface area contributed by atoms with Crippen LogP contribution in [0.4, 0.5) is 14.5 Å². The molecule has 0 saturated carbocycles. The Morgan fingerprint density at radius 2 is 1.83 bits per heavy atom. The lowest BCUT2D eigenvalue weighted by Crippen LogP contribution is -2.37. The molecule has 1 saturated heterocycles. The van der Waals surface area contributed by atoms with Crippen LogP contribution >= 0.6 is 11.6 Å². The molecule has 0 unspecified atom stereocenters. The summed E-state index contributed by atoms with van der Waals surface area (Å²) in [5.74, 6) is -1.07. The predicted molar refractivity (Wildman–Crippen MR) is 138 cm³/mol. The number of morpholine rings is 1. The standard InChI is InChI=1S/C27H31ClF2N2O4/c1-15(2)22(14-33)32-13-16(3)27(34)19-10-17(23(35-4)12-20(19)32)9-18-11-21(26(30)24(28)25(18)29)31-5-7-36-8-6-31/h10-13,15,22,33H,5-9,14H2,1-4H3/t22-/m1/s1. The van der Waals surface area contributed by atoms with E-state index in [1.807, 2.05) is 18.4 Å². The zero-order valence-electron chi connectivity index (χ0n) is 20.9. The maximum absolute atomic E-state index is 15.1. The number of benzene rings is 2. The fourth-order valence-corrected chi connectivity index (χ4v) is 5.01. The minimum absolute atomic E-state index is 0.0449. The number of rotatable bonds is 7. The molecule has 194 valence electrons. The zero-order valence-corrected chi connectivity index (χ0v) is 21.7. The molecule has 9 heteroatoms. The number of nitrogens with zero attached hydrogens (tertiary/aromatic N) is 2. The molecule has 0 aliphatic carbocycles. The van der Waals surface area contributed by atoms with E-state index in [9.17, 15) is 14.3 Å². The van der Waals surface area contributed by atoms with Crippen molar-refractivity contribution in [3.05, 3.63) is 68.0 Å². The van der Waals surface area contributed by atoms with Crippen molar-refractivity contribution in [1.29, 1.82) is 0 Å². The number of anilines is 1. The summed E-state index contributed by atoms with van der Waals surface area (Å²) < 4.78 is 42.9. The van der Waals surface area contributed by atoms with Crippen molar-refractivity contribution in [2.24, 2.45) is 5.92 Å². The second-order valence-corrected chi connectivity index (χ2v) is 9.87. The molecule has 1 aliphatic heterocycles. The normalized spacial score (nSPS) is 15.1. The van der Waals surface area contributed by atoms with E-state index in [0.29, 0.717) is 54.1 Å². The van der Waals surface area contributed by atoms with Crippen molar-refractivity contribution >= 4 is 28.2 Å². The minimum Gasteiger partial charge on any atom is -0.496 e. The molecule has 1 N–H and O–H groups in total. The van der Waals surface area contributed by atoms with Crippen LogP contribution in [0.5, 0.6) is 5.75 Å². The van der Waals surface area contributed by atoms with Gasteiger partial charge in [-0.2, -0.15) is 0 Å². The van der Waals surface area contributed by atoms with Gasteiger partial charge in [-0.15, -0.1) is 0 Å². The van der Waals surface area contributed by atoms with Gasteiger partial charge in [-0.1, -0.05) is 25.4 Å². The highest BCUT2D eigenvalue weighted by Gasteiger charge is 2.24. The topological polar surface area (TPSA) is 63.9 Å². The third kappa shape index (κ3) is 4.82. The van der Waals surface area contributed by atoms with Crippen LogP contribution in [-0.2, 0) is 11.2 Å². The fourth-order valence-electron chi connectivity index (χ4n) is 4.79. The molecule has 6 nitrogen and oxygen atoms in total. The average Bonchev–Trinajstić information content (AvgIpc) is 2.87. The van der Waals surface area contributed by atoms with E-state index in [0.717, 1.165) is 0 Å². The molecule has 0 amide bonds. The molecule has 0 bridgehead atoms. The molecule has 36 heavy (non-hydrogen) atoms. The van der Waals surface area contributed by atoms with Gasteiger partial charge in [-0.05, 0) is 36.1 Å². The van der Waals surface area contributed by atoms with Gasteiger partial charge in [-0.3, -0.25) is 4.79 Å². The van der Waals surface area contributed by atoms with Gasteiger partial charge < -0.3 is 24.0 Å². The zero-order chi connectivity index (χ0) is 26.1. The summed E-state index contributed by atoms with van der Waals surface area (Å²) in [6.45, 7) is 7.46. The molecule has 4 rings (SSSR count). The van der Waals surface area contributed by atoms with Crippen LogP contribution in [0.15, 0.2) is 29.2 Å². The van der Waals surface area contributed by atoms with E-state index in [1.165, 1.54) is 13.2 Å². The van der Waals surface area contributed by atoms with Gasteiger partial charge in [0.15, 0.2) is 11.2 Å². The van der Waals surface area contributed by atoms with Gasteiger partial charge in [0.1, 0.15) is 16.6 Å². The molecule has 2 heterocycles. The van der Waals surface area contributed by atoms with Gasteiger partial charge in [-0.25, -0.2) is 8.78 Å². The Bertz CT molecular complexity index is 1340. The largest absolute Gasteiger partial charge is 0.496 e. The molecule has 1 aliphatic rings. The number of aromatic nitrogens is 1. The molecule has 1 aromatic heterocycles. The fraction of sp³-hybridized carbons (Fsp3) is 0.444. The summed E-state index contributed by atoms with van der Waals surface area (Å²) in [6, 6.07) is 4.66. The van der Waals surface area contributed by atoms with Gasteiger partial charge in [0.2, 0.25) is 0 Å². The SMILES string of the molecule is COc1cc2c(cc1Cc1cc(N3CCOCC3)c(F)c(Cl)c1F)c(=O)c(C)cn2[C@H](CO)C(C)C. The van der Waals surface area contributed by atoms with Crippen LogP contribution in [-0.4, -0.2) is 49.7 Å². The van der Waals surface area contributed by atoms with Crippen molar-refractivity contribution in [2.45, 2.75) is 33.2 Å². The van der Waals surface area contributed by atoms with Gasteiger partial charge in [0, 0.05) is 42.7 Å². The molecule has 0 radical (unpaired) electrons. The first-order valence-corrected chi connectivity index (χ1v) is 12.4. The highest BCUT2D eigenvalue weighted by Crippen LogP contribution is 2.35. The minimum atomic E-state index is -0.838. The maximum Gasteiger partial charge on any atom is 0.192 e. The number of aliphatic hydroxyl groups excluding tert-OH is 1. The Labute approximate surface area is 214 Å². The third-order valence-electron chi connectivity index (χ3n) is 6.86. The summed E-state index contributed by atoms with van der Waals surface area (Å²) >= 11 is 6.07. The molecule has 0 spiro atoms. The van der Waals surface area contributed by atoms with E-state index in [4.69, 9.17) is 21.1 Å². The lowest BCUT2D eigenvalue weighted by atomic mass is 9.98. The molecule has 2 aromatic carbocycles. The molecule has 3 aromatic rings. The Morgan fingerprint density at radius 1 is 1.14 bits per heavy atom. The van der Waals surface area contributed by atoms with Crippen LogP contribution < -0.4 is 15.1 Å². The van der Waals surface area contributed by atoms with Crippen LogP contribution in [0.25, 0.3) is 10.9 Å². The van der Waals surface area contributed by atoms with E-state index in [2.05, 4.69) is 0 Å². The van der Waals surface area contributed by atoms with Crippen molar-refractivity contribution in [3.8, 4) is 5.75 Å². The van der Waals surface area contributed by atoms with E-state index < -0.39 is 16.7 Å². The van der Waals surface area contributed by atoms with E-state index in [-0.39, 0.29) is 41.7 Å². The molecule has 1 fully saturated rings. The second kappa shape index (κ2) is 10.7. The van der Waals surface area contributed by atoms with Crippen LogP contribution in [0.3, 0.4) is 0 Å². The highest BCUT2D eigenvalue weighted by atomic mass is 35.5. The summed E-state index contributed by atoms with van der Waals surface area (Å²) in [5.41, 5.74) is 1.98. The van der Waals surface area contributed by atoms with Crippen molar-refractivity contribution in [2.75, 3.05) is 44.9 Å². The Balaban J connectivity index is 1.86. The second-order valence-electron chi connectivity index (χ2n) is 9.50. The smallest absolute Gasteiger partial charge is 0.192 e. The van der Waals surface area contributed by atoms with Gasteiger partial charge >= 0.3 is 0 Å². The number of aliphatic hydroxyl groups is 1. The molecular formula is C27H31ClF2N2O4. The molecular weight excluding hydrogens is 490 g/mol. The first-order valence-electron chi connectivity index (χ1n) is 12.0. The number of halogens is 3. The first-order chi connectivity index (χ1) is 17.2. The third-order valence-corrected chi connectivity index (χ3v) is 7.19. The predicted octanol–water partition coefficient (Wildman–Crippen LogP) is 4.87. The molecule has 1 atom stereocenters. The average molecular weight is 521 g/mol. The number of aryl methyl sites for hydroxylation is 1. The number of hydrogen-bond acceptors (Lipinski definition) is 5. The van der Waals surface area contributed by atoms with E-state index in [1.54, 1.807) is 30.2 Å². The van der Waals surface area contributed by atoms with Crippen LogP contribution in [0.2, 0.25) is 5.02 Å². The summed E-state index contributed by atoms with van der Waals surface area (Å²) in [7, 11) is 1.50. The van der Waals surface area contributed by atoms with Crippen LogP contribution in [0.1, 0.15) is 36.6 Å². The highest BCUT2D eigenvalue weighted by molar-refractivity contribution is 6.31. The summed E-state index contributed by atoms with van der Waals surface area (Å²) in [4.78, 5) is 14.9. The van der Waals surface area contributed by atoms with Crippen molar-refractivity contribution in [1.82, 2.24) is 4.57 Å². The van der Waals surface area contributed by atoms with Crippen molar-refractivity contribution < 1.29 is 23.4 Å². The quantitative estimate of drug-likeness (QED) is 0.450. The monoisotopic (exact) mass is 520 g/mol. The summed E-state index contributed by atoms with van der Waals surface area (Å²) in [6.07, 6.45) is 1.79. The number of methoxy groups -OCH3 is 1. The number of ether oxygens (including phenoxy) is 2. The lowest BCUT2D eigenvalue weighted by Gasteiger charge is -2.30. The van der Waals surface area contributed by atoms with Crippen molar-refractivity contribution in [3.63, 3.8) is 0 Å². The summed E-state index contributed by atoms with van der Waals surface area (Å²) in [5, 5.41) is 9.91. The van der Waals surface area contributed by atoms with Gasteiger partial charge in [0.05, 0.1) is 44.2 Å². The van der Waals surface area contributed by atoms with Crippen LogP contribution in [0, 0.1) is 24.5 Å². The number of fused-ring (bicyclic) bond motifs is 1. The van der Waals surface area contributed by atoms with Gasteiger partial charge in [0.25, 0.3) is 0 Å². The number of hydrogen-bond donors (Lipinski definition) is 1. The Kier molecular flexibility index (Phi) is 7.87. The first kappa shape index (κ1) is 26.4. The Morgan fingerprint density at radius 3 is 2.44 bits per heavy atom. The number of pyridine rings is 1.